The van der Waals surface area contributed by atoms with Gasteiger partial charge in [0.2, 0.25) is 5.91 Å². The number of nitrogens with one attached hydrogen (secondary N) is 1. The molecule has 0 radical (unpaired) electrons. The van der Waals surface area contributed by atoms with E-state index in [0.29, 0.717) is 5.13 Å². The summed E-state index contributed by atoms with van der Waals surface area (Å²) in [5, 5.41) is 5.73. The van der Waals surface area contributed by atoms with Crippen molar-refractivity contribution >= 4 is 22.4 Å². The fourth-order valence-electron chi connectivity index (χ4n) is 3.81. The monoisotopic (exact) mass is 405 g/mol. The average Bonchev–Trinajstić information content (AvgIpc) is 3.19. The molecule has 0 aliphatic carbocycles. The molecule has 1 fully saturated rings. The summed E-state index contributed by atoms with van der Waals surface area (Å²) >= 11 is 1.47. The lowest BCUT2D eigenvalue weighted by Crippen LogP contribution is -2.41. The number of rotatable bonds is 5. The van der Waals surface area contributed by atoms with Gasteiger partial charge in [-0.2, -0.15) is 0 Å². The van der Waals surface area contributed by atoms with E-state index >= 15 is 0 Å². The molecule has 0 bridgehead atoms. The van der Waals surface area contributed by atoms with E-state index in [4.69, 9.17) is 0 Å². The predicted octanol–water partition coefficient (Wildman–Crippen LogP) is 5.53. The Labute approximate surface area is 176 Å². The molecule has 29 heavy (non-hydrogen) atoms. The molecule has 3 aromatic rings. The van der Waals surface area contributed by atoms with Crippen LogP contribution in [0.1, 0.15) is 36.9 Å². The van der Waals surface area contributed by atoms with Crippen LogP contribution in [0, 0.1) is 12.8 Å². The summed E-state index contributed by atoms with van der Waals surface area (Å²) in [6.07, 6.45) is 2.26. The van der Waals surface area contributed by atoms with Crippen LogP contribution in [-0.2, 0) is 4.79 Å². The molecule has 2 aromatic carbocycles. The predicted molar refractivity (Wildman–Crippen MR) is 120 cm³/mol. The van der Waals surface area contributed by atoms with Gasteiger partial charge in [-0.1, -0.05) is 67.1 Å². The molecule has 1 aliphatic heterocycles. The van der Waals surface area contributed by atoms with Crippen LogP contribution in [0.4, 0.5) is 5.13 Å². The van der Waals surface area contributed by atoms with Crippen LogP contribution in [0.5, 0.6) is 0 Å². The van der Waals surface area contributed by atoms with Gasteiger partial charge in [0.1, 0.15) is 6.04 Å². The maximum Gasteiger partial charge on any atom is 0.248 e. The van der Waals surface area contributed by atoms with E-state index in [1.54, 1.807) is 0 Å². The van der Waals surface area contributed by atoms with Crippen molar-refractivity contribution < 1.29 is 4.79 Å². The SMILES string of the molecule is Cc1ccc(-c2csc(NC(=O)C(c3ccccc3)N3CCC(C)CC3)n2)cc1. The highest BCUT2D eigenvalue weighted by atomic mass is 32.1. The van der Waals surface area contributed by atoms with Gasteiger partial charge in [-0.05, 0) is 44.3 Å². The number of likely N-dealkylation sites (tertiary alicyclic amines) is 1. The van der Waals surface area contributed by atoms with E-state index in [9.17, 15) is 4.79 Å². The molecule has 5 heteroatoms. The lowest BCUT2D eigenvalue weighted by Gasteiger charge is -2.36. The van der Waals surface area contributed by atoms with Gasteiger partial charge in [-0.15, -0.1) is 11.3 Å². The zero-order valence-electron chi connectivity index (χ0n) is 17.0. The Hall–Kier alpha value is -2.50. The molecule has 4 nitrogen and oxygen atoms in total. The summed E-state index contributed by atoms with van der Waals surface area (Å²) in [7, 11) is 0. The van der Waals surface area contributed by atoms with Gasteiger partial charge in [0.15, 0.2) is 5.13 Å². The zero-order valence-corrected chi connectivity index (χ0v) is 17.8. The summed E-state index contributed by atoms with van der Waals surface area (Å²) in [6, 6.07) is 18.1. The maximum atomic E-state index is 13.3. The Balaban J connectivity index is 1.53. The maximum absolute atomic E-state index is 13.3. The first-order valence-electron chi connectivity index (χ1n) is 10.2. The van der Waals surface area contributed by atoms with E-state index in [1.165, 1.54) is 16.9 Å². The van der Waals surface area contributed by atoms with Crippen molar-refractivity contribution in [1.29, 1.82) is 0 Å². The van der Waals surface area contributed by atoms with Gasteiger partial charge in [0.05, 0.1) is 5.69 Å². The van der Waals surface area contributed by atoms with Crippen molar-refractivity contribution in [2.24, 2.45) is 5.92 Å². The highest BCUT2D eigenvalue weighted by molar-refractivity contribution is 7.14. The number of thiazole rings is 1. The number of hydrogen-bond acceptors (Lipinski definition) is 4. The molecular weight excluding hydrogens is 378 g/mol. The Morgan fingerprint density at radius 3 is 2.48 bits per heavy atom. The topological polar surface area (TPSA) is 45.2 Å². The number of hydrogen-bond donors (Lipinski definition) is 1. The molecule has 1 aliphatic rings. The first-order chi connectivity index (χ1) is 14.1. The Morgan fingerprint density at radius 1 is 1.10 bits per heavy atom. The number of aryl methyl sites for hydroxylation is 1. The van der Waals surface area contributed by atoms with E-state index in [1.807, 2.05) is 35.7 Å². The highest BCUT2D eigenvalue weighted by Gasteiger charge is 2.30. The molecule has 4 rings (SSSR count). The third kappa shape index (κ3) is 4.74. The summed E-state index contributed by atoms with van der Waals surface area (Å²) in [5.74, 6) is 0.720. The van der Waals surface area contributed by atoms with Crippen LogP contribution in [0.3, 0.4) is 0 Å². The summed E-state index contributed by atoms with van der Waals surface area (Å²) in [6.45, 7) is 6.25. The van der Waals surface area contributed by atoms with Crippen LogP contribution < -0.4 is 5.32 Å². The first-order valence-corrected chi connectivity index (χ1v) is 11.1. The molecular formula is C24H27N3OS. The number of carbonyl (C=O) groups is 1. The highest BCUT2D eigenvalue weighted by Crippen LogP contribution is 2.30. The van der Waals surface area contributed by atoms with Crippen molar-refractivity contribution in [3.05, 3.63) is 71.1 Å². The van der Waals surface area contributed by atoms with Gasteiger partial charge in [-0.3, -0.25) is 9.69 Å². The second-order valence-corrected chi connectivity index (χ2v) is 8.78. The van der Waals surface area contributed by atoms with E-state index in [-0.39, 0.29) is 11.9 Å². The Kier molecular flexibility index (Phi) is 6.07. The number of carbonyl (C=O) groups excluding carboxylic acids is 1. The van der Waals surface area contributed by atoms with Gasteiger partial charge < -0.3 is 5.32 Å². The number of aromatic nitrogens is 1. The van der Waals surface area contributed by atoms with Gasteiger partial charge in [-0.25, -0.2) is 4.98 Å². The minimum Gasteiger partial charge on any atom is -0.300 e. The fraction of sp³-hybridized carbons (Fsp3) is 0.333. The number of amides is 1. The molecule has 1 aromatic heterocycles. The zero-order chi connectivity index (χ0) is 20.2. The molecule has 0 saturated carbocycles. The molecule has 150 valence electrons. The smallest absolute Gasteiger partial charge is 0.248 e. The minimum atomic E-state index is -0.282. The lowest BCUT2D eigenvalue weighted by molar-refractivity contribution is -0.122. The van der Waals surface area contributed by atoms with Crippen molar-refractivity contribution in [2.45, 2.75) is 32.7 Å². The third-order valence-electron chi connectivity index (χ3n) is 5.63. The quantitative estimate of drug-likeness (QED) is 0.607. The lowest BCUT2D eigenvalue weighted by atomic mass is 9.95. The van der Waals surface area contributed by atoms with Crippen LogP contribution in [0.15, 0.2) is 60.0 Å². The van der Waals surface area contributed by atoms with Crippen LogP contribution in [0.2, 0.25) is 0 Å². The number of piperidine rings is 1. The number of nitrogens with zero attached hydrogens (tertiary/aromatic N) is 2. The Bertz CT molecular complexity index is 944. The average molecular weight is 406 g/mol. The molecule has 1 unspecified atom stereocenters. The number of anilines is 1. The van der Waals surface area contributed by atoms with Crippen LogP contribution in [0.25, 0.3) is 11.3 Å². The van der Waals surface area contributed by atoms with E-state index in [0.717, 1.165) is 48.7 Å². The molecule has 0 spiro atoms. The standard InChI is InChI=1S/C24H27N3OS/c1-17-8-10-19(11-9-17)21-16-29-24(25-21)26-23(28)22(20-6-4-3-5-7-20)27-14-12-18(2)13-15-27/h3-11,16,18,22H,12-15H2,1-2H3,(H,25,26,28). The molecule has 1 N–H and O–H groups in total. The van der Waals surface area contributed by atoms with Crippen LogP contribution >= 0.6 is 11.3 Å². The van der Waals surface area contributed by atoms with Gasteiger partial charge >= 0.3 is 0 Å². The summed E-state index contributed by atoms with van der Waals surface area (Å²) in [4.78, 5) is 20.3. The van der Waals surface area contributed by atoms with Gasteiger partial charge in [0, 0.05) is 10.9 Å². The first kappa shape index (κ1) is 19.8. The normalized spacial score (nSPS) is 16.5. The molecule has 1 amide bonds. The van der Waals surface area contributed by atoms with Crippen molar-refractivity contribution in [1.82, 2.24) is 9.88 Å². The molecule has 1 atom stereocenters. The number of benzene rings is 2. The van der Waals surface area contributed by atoms with Gasteiger partial charge in [0.25, 0.3) is 0 Å². The fourth-order valence-corrected chi connectivity index (χ4v) is 4.53. The molecule has 1 saturated heterocycles. The van der Waals surface area contributed by atoms with Crippen LogP contribution in [-0.4, -0.2) is 28.9 Å². The Morgan fingerprint density at radius 2 is 1.79 bits per heavy atom. The van der Waals surface area contributed by atoms with Crippen molar-refractivity contribution in [3.63, 3.8) is 0 Å². The second-order valence-electron chi connectivity index (χ2n) is 7.92. The summed E-state index contributed by atoms with van der Waals surface area (Å²) in [5.41, 5.74) is 4.22. The minimum absolute atomic E-state index is 0.00411. The molecule has 2 heterocycles. The second kappa shape index (κ2) is 8.89. The summed E-state index contributed by atoms with van der Waals surface area (Å²) < 4.78 is 0. The third-order valence-corrected chi connectivity index (χ3v) is 6.39. The van der Waals surface area contributed by atoms with E-state index in [2.05, 4.69) is 53.3 Å². The van der Waals surface area contributed by atoms with E-state index < -0.39 is 0 Å². The van der Waals surface area contributed by atoms with Crippen molar-refractivity contribution in [2.75, 3.05) is 18.4 Å². The van der Waals surface area contributed by atoms with Crippen molar-refractivity contribution in [3.8, 4) is 11.3 Å². The largest absolute Gasteiger partial charge is 0.300 e.